The van der Waals surface area contributed by atoms with E-state index >= 15 is 0 Å². The van der Waals surface area contributed by atoms with Crippen molar-refractivity contribution >= 4 is 46.3 Å². The average Bonchev–Trinajstić information content (AvgIpc) is 3.29. The molecule has 3 aromatic rings. The van der Waals surface area contributed by atoms with E-state index in [4.69, 9.17) is 4.74 Å². The second kappa shape index (κ2) is 11.4. The van der Waals surface area contributed by atoms with Crippen molar-refractivity contribution in [3.8, 4) is 10.6 Å². The number of carbonyl (C=O) groups excluding carboxylic acids is 1. The van der Waals surface area contributed by atoms with Gasteiger partial charge in [-0.3, -0.25) is 4.79 Å². The minimum absolute atomic E-state index is 0.00981. The van der Waals surface area contributed by atoms with Crippen LogP contribution in [0.1, 0.15) is 27.7 Å². The fourth-order valence-corrected chi connectivity index (χ4v) is 7.52. The van der Waals surface area contributed by atoms with E-state index in [1.54, 1.807) is 11.0 Å². The molecule has 0 bridgehead atoms. The quantitative estimate of drug-likeness (QED) is 0.410. The van der Waals surface area contributed by atoms with E-state index in [1.807, 2.05) is 19.1 Å². The van der Waals surface area contributed by atoms with Crippen LogP contribution in [0.15, 0.2) is 35.4 Å². The zero-order chi connectivity index (χ0) is 28.7. The summed E-state index contributed by atoms with van der Waals surface area (Å²) in [6.07, 6.45) is -3.09. The van der Waals surface area contributed by atoms with Crippen LogP contribution in [-0.4, -0.2) is 90.5 Å². The number of hydrogen-bond donors (Lipinski definition) is 1. The molecule has 41 heavy (non-hydrogen) atoms. The minimum Gasteiger partial charge on any atom is -0.377 e. The Morgan fingerprint density at radius 3 is 2.59 bits per heavy atom. The van der Waals surface area contributed by atoms with Gasteiger partial charge in [0.2, 0.25) is 5.95 Å². The Morgan fingerprint density at radius 1 is 1.12 bits per heavy atom. The van der Waals surface area contributed by atoms with Gasteiger partial charge in [0.1, 0.15) is 10.4 Å². The van der Waals surface area contributed by atoms with Crippen LogP contribution < -0.4 is 10.2 Å². The molecule has 6 rings (SSSR count). The first-order chi connectivity index (χ1) is 19.7. The van der Waals surface area contributed by atoms with Crippen molar-refractivity contribution in [1.29, 1.82) is 0 Å². The van der Waals surface area contributed by atoms with Crippen LogP contribution in [-0.2, 0) is 17.3 Å². The van der Waals surface area contributed by atoms with Crippen molar-refractivity contribution in [3.63, 3.8) is 0 Å². The lowest BCUT2D eigenvalue weighted by atomic mass is 10.1. The molecule has 0 atom stereocenters. The van der Waals surface area contributed by atoms with Gasteiger partial charge in [0, 0.05) is 60.9 Å². The fraction of sp³-hybridized carbons (Fsp3) is 0.464. The molecule has 218 valence electrons. The van der Waals surface area contributed by atoms with E-state index < -0.39 is 11.7 Å². The van der Waals surface area contributed by atoms with Gasteiger partial charge in [0.15, 0.2) is 0 Å². The smallest absolute Gasteiger partial charge is 0.377 e. The number of fused-ring (bicyclic) bond motifs is 1. The Morgan fingerprint density at radius 2 is 1.90 bits per heavy atom. The molecule has 2 saturated heterocycles. The van der Waals surface area contributed by atoms with Gasteiger partial charge in [0.05, 0.1) is 29.8 Å². The number of likely N-dealkylation sites (N-methyl/N-ethyl adjacent to an activating group) is 1. The monoisotopic (exact) mass is 604 g/mol. The Labute approximate surface area is 244 Å². The lowest BCUT2D eigenvalue weighted by molar-refractivity contribution is -0.137. The highest BCUT2D eigenvalue weighted by atomic mass is 32.2. The molecule has 1 amide bonds. The number of thiophene rings is 1. The Balaban J connectivity index is 1.31. The summed E-state index contributed by atoms with van der Waals surface area (Å²) < 4.78 is 47.6. The van der Waals surface area contributed by atoms with Crippen molar-refractivity contribution in [2.75, 3.05) is 69.0 Å². The summed E-state index contributed by atoms with van der Waals surface area (Å²) in [4.78, 5) is 29.6. The second-order valence-corrected chi connectivity index (χ2v) is 12.6. The van der Waals surface area contributed by atoms with E-state index in [-0.39, 0.29) is 23.6 Å². The van der Waals surface area contributed by atoms with Gasteiger partial charge in [-0.15, -0.1) is 23.1 Å². The zero-order valence-corrected chi connectivity index (χ0v) is 24.5. The summed E-state index contributed by atoms with van der Waals surface area (Å²) in [6, 6.07) is 7.75. The molecule has 3 aliphatic rings. The maximum atomic E-state index is 14.1. The standard InChI is InChI=1S/C28H31F3N6O2S2/c1-3-17-12-18(36-8-6-35(2)7-9-36)4-5-21(17)33-27-32-14-20(28(29,30)31)24(34-27)22-13-23-25(41-22)26(38)37(10-11-40-23)19-15-39-16-19/h4-5,12-14,19H,3,6-11,15-16H2,1-2H3,(H,32,33,34). The lowest BCUT2D eigenvalue weighted by Gasteiger charge is -2.36. The van der Waals surface area contributed by atoms with Crippen molar-refractivity contribution in [1.82, 2.24) is 19.8 Å². The summed E-state index contributed by atoms with van der Waals surface area (Å²) in [5.41, 5.74) is 1.74. The Bertz CT molecular complexity index is 1440. The summed E-state index contributed by atoms with van der Waals surface area (Å²) in [7, 11) is 2.11. The molecule has 0 unspecified atom stereocenters. The molecule has 0 spiro atoms. The predicted octanol–water partition coefficient (Wildman–Crippen LogP) is 5.23. The number of anilines is 3. The van der Waals surface area contributed by atoms with E-state index in [1.165, 1.54) is 11.8 Å². The number of hydrogen-bond acceptors (Lipinski definition) is 9. The molecular formula is C28H31F3N6O2S2. The molecule has 2 aromatic heterocycles. The first kappa shape index (κ1) is 28.3. The molecule has 0 radical (unpaired) electrons. The van der Waals surface area contributed by atoms with Crippen molar-refractivity contribution in [2.24, 2.45) is 0 Å². The first-order valence-electron chi connectivity index (χ1n) is 13.6. The largest absolute Gasteiger partial charge is 0.420 e. The molecule has 5 heterocycles. The Kier molecular flexibility index (Phi) is 7.88. The summed E-state index contributed by atoms with van der Waals surface area (Å²) >= 11 is 2.54. The summed E-state index contributed by atoms with van der Waals surface area (Å²) in [5.74, 6) is 0.576. The van der Waals surface area contributed by atoms with Crippen LogP contribution in [0.4, 0.5) is 30.5 Å². The highest BCUT2D eigenvalue weighted by Gasteiger charge is 2.38. The Hall–Kier alpha value is -2.87. The molecule has 13 heteroatoms. The number of thioether (sulfide) groups is 1. The average molecular weight is 605 g/mol. The number of carbonyl (C=O) groups is 1. The third-order valence-electron chi connectivity index (χ3n) is 7.72. The number of piperazine rings is 1. The van der Waals surface area contributed by atoms with E-state index in [0.717, 1.165) is 67.1 Å². The van der Waals surface area contributed by atoms with Gasteiger partial charge < -0.3 is 24.8 Å². The van der Waals surface area contributed by atoms with E-state index in [0.29, 0.717) is 40.2 Å². The van der Waals surface area contributed by atoms with Crippen LogP contribution in [0.3, 0.4) is 0 Å². The van der Waals surface area contributed by atoms with Crippen molar-refractivity contribution < 1.29 is 22.7 Å². The van der Waals surface area contributed by atoms with Gasteiger partial charge >= 0.3 is 6.18 Å². The molecule has 0 aliphatic carbocycles. The SMILES string of the molecule is CCc1cc(N2CCN(C)CC2)ccc1Nc1ncc(C(F)(F)F)c(-c2cc3c(s2)C(=O)N(C2COC2)CCS3)n1. The van der Waals surface area contributed by atoms with Crippen LogP contribution in [0.2, 0.25) is 0 Å². The number of alkyl halides is 3. The van der Waals surface area contributed by atoms with Crippen LogP contribution >= 0.6 is 23.1 Å². The number of nitrogens with one attached hydrogen (secondary N) is 1. The highest BCUT2D eigenvalue weighted by Crippen LogP contribution is 2.43. The fourth-order valence-electron chi connectivity index (χ4n) is 5.20. The lowest BCUT2D eigenvalue weighted by Crippen LogP contribution is -2.52. The zero-order valence-electron chi connectivity index (χ0n) is 22.8. The molecule has 1 N–H and O–H groups in total. The number of aryl methyl sites for hydroxylation is 1. The predicted molar refractivity (Wildman–Crippen MR) is 156 cm³/mol. The van der Waals surface area contributed by atoms with Crippen LogP contribution in [0, 0.1) is 0 Å². The number of nitrogens with zero attached hydrogens (tertiary/aromatic N) is 5. The molecule has 2 fully saturated rings. The van der Waals surface area contributed by atoms with Crippen LogP contribution in [0.5, 0.6) is 0 Å². The van der Waals surface area contributed by atoms with Gasteiger partial charge in [-0.1, -0.05) is 6.92 Å². The minimum atomic E-state index is -4.65. The normalized spacial score (nSPS) is 18.7. The number of halogens is 3. The number of aromatic nitrogens is 2. The van der Waals surface area contributed by atoms with Crippen molar-refractivity contribution in [2.45, 2.75) is 30.5 Å². The molecular weight excluding hydrogens is 573 g/mol. The van der Waals surface area contributed by atoms with E-state index in [9.17, 15) is 18.0 Å². The maximum Gasteiger partial charge on any atom is 0.420 e. The van der Waals surface area contributed by atoms with Gasteiger partial charge in [-0.05, 0) is 43.3 Å². The van der Waals surface area contributed by atoms with E-state index in [2.05, 4.69) is 38.2 Å². The topological polar surface area (TPSA) is 73.8 Å². The number of amides is 1. The molecule has 0 saturated carbocycles. The van der Waals surface area contributed by atoms with Crippen molar-refractivity contribution in [3.05, 3.63) is 46.5 Å². The maximum absolute atomic E-state index is 14.1. The molecule has 1 aromatic carbocycles. The number of benzene rings is 1. The third kappa shape index (κ3) is 5.77. The van der Waals surface area contributed by atoms with Gasteiger partial charge in [-0.25, -0.2) is 9.97 Å². The number of ether oxygens (including phenoxy) is 1. The summed E-state index contributed by atoms with van der Waals surface area (Å²) in [6.45, 7) is 7.46. The highest BCUT2D eigenvalue weighted by molar-refractivity contribution is 7.99. The van der Waals surface area contributed by atoms with Gasteiger partial charge in [0.25, 0.3) is 5.91 Å². The second-order valence-electron chi connectivity index (χ2n) is 10.4. The number of rotatable bonds is 6. The summed E-state index contributed by atoms with van der Waals surface area (Å²) in [5, 5.41) is 3.16. The molecule has 8 nitrogen and oxygen atoms in total. The van der Waals surface area contributed by atoms with Gasteiger partial charge in [-0.2, -0.15) is 13.2 Å². The first-order valence-corrected chi connectivity index (χ1v) is 15.4. The van der Waals surface area contributed by atoms with Crippen LogP contribution in [0.25, 0.3) is 10.6 Å². The molecule has 3 aliphatic heterocycles. The third-order valence-corrected chi connectivity index (χ3v) is 9.99.